The molecule has 0 bridgehead atoms. The van der Waals surface area contributed by atoms with Crippen LogP contribution in [-0.2, 0) is 11.2 Å². The van der Waals surface area contributed by atoms with Crippen LogP contribution < -0.4 is 10.5 Å². The van der Waals surface area contributed by atoms with E-state index >= 15 is 0 Å². The summed E-state index contributed by atoms with van der Waals surface area (Å²) in [7, 11) is 0. The van der Waals surface area contributed by atoms with Crippen molar-refractivity contribution in [1.29, 1.82) is 0 Å². The molecule has 2 N–H and O–H groups in total. The third-order valence-electron chi connectivity index (χ3n) is 4.59. The largest absolute Gasteiger partial charge is 0.456 e. The van der Waals surface area contributed by atoms with Gasteiger partial charge in [0.2, 0.25) is 5.91 Å². The molecule has 150 valence electrons. The number of aryl methyl sites for hydroxylation is 1. The molecule has 0 radical (unpaired) electrons. The summed E-state index contributed by atoms with van der Waals surface area (Å²) in [4.78, 5) is 27.9. The fraction of sp³-hybridized carbons (Fsp3) is 0.261. The van der Waals surface area contributed by atoms with E-state index in [2.05, 4.69) is 4.98 Å². The first-order chi connectivity index (χ1) is 13.7. The number of primary amides is 1. The minimum Gasteiger partial charge on any atom is -0.456 e. The Morgan fingerprint density at radius 3 is 2.59 bits per heavy atom. The molecule has 1 aromatic heterocycles. The van der Waals surface area contributed by atoms with Gasteiger partial charge in [-0.3, -0.25) is 14.6 Å². The van der Waals surface area contributed by atoms with E-state index in [9.17, 15) is 14.0 Å². The number of halogens is 1. The predicted molar refractivity (Wildman–Crippen MR) is 110 cm³/mol. The van der Waals surface area contributed by atoms with Crippen molar-refractivity contribution < 1.29 is 18.7 Å². The van der Waals surface area contributed by atoms with Gasteiger partial charge in [0.1, 0.15) is 23.1 Å². The third kappa shape index (κ3) is 4.77. The zero-order chi connectivity index (χ0) is 21.1. The van der Waals surface area contributed by atoms with Crippen molar-refractivity contribution in [3.05, 3.63) is 65.1 Å². The molecule has 0 fully saturated rings. The first-order valence-corrected chi connectivity index (χ1v) is 9.41. The van der Waals surface area contributed by atoms with Crippen molar-refractivity contribution in [1.82, 2.24) is 4.98 Å². The number of hydrogen-bond donors (Lipinski definition) is 1. The van der Waals surface area contributed by atoms with Gasteiger partial charge in [0, 0.05) is 36.1 Å². The van der Waals surface area contributed by atoms with Crippen molar-refractivity contribution in [2.45, 2.75) is 33.6 Å². The summed E-state index contributed by atoms with van der Waals surface area (Å²) in [5, 5.41) is 0.600. The molecule has 3 aromatic rings. The topological polar surface area (TPSA) is 82.3 Å². The van der Waals surface area contributed by atoms with Gasteiger partial charge in [-0.15, -0.1) is 0 Å². The first kappa shape index (κ1) is 20.5. The van der Waals surface area contributed by atoms with Crippen LogP contribution in [0.1, 0.15) is 41.8 Å². The number of fused-ring (bicyclic) bond motifs is 1. The number of hydrogen-bond acceptors (Lipinski definition) is 4. The number of carbonyl (C=O) groups is 2. The summed E-state index contributed by atoms with van der Waals surface area (Å²) in [5.41, 5.74) is 7.51. The predicted octanol–water partition coefficient (Wildman–Crippen LogP) is 4.73. The van der Waals surface area contributed by atoms with Gasteiger partial charge in [-0.25, -0.2) is 4.39 Å². The average Bonchev–Trinajstić information content (AvgIpc) is 2.62. The quantitative estimate of drug-likeness (QED) is 0.628. The summed E-state index contributed by atoms with van der Waals surface area (Å²) in [6, 6.07) is 9.46. The van der Waals surface area contributed by atoms with Crippen LogP contribution in [0.2, 0.25) is 0 Å². The van der Waals surface area contributed by atoms with E-state index < -0.39 is 11.7 Å². The SMILES string of the molecule is Cc1cc2nccc(Oc3ccc(CC(=O)CC(C)C)c(F)c3)c2cc1C(N)=O. The van der Waals surface area contributed by atoms with Gasteiger partial charge in [-0.2, -0.15) is 0 Å². The summed E-state index contributed by atoms with van der Waals surface area (Å²) in [5.74, 6) is -0.0757. The Labute approximate surface area is 168 Å². The van der Waals surface area contributed by atoms with Gasteiger partial charge in [0.05, 0.1) is 5.52 Å². The van der Waals surface area contributed by atoms with Gasteiger partial charge < -0.3 is 10.5 Å². The molecule has 2 aromatic carbocycles. The number of pyridine rings is 1. The van der Waals surface area contributed by atoms with Crippen LogP contribution in [0.15, 0.2) is 42.6 Å². The Bertz CT molecular complexity index is 1090. The maximum atomic E-state index is 14.5. The fourth-order valence-electron chi connectivity index (χ4n) is 3.23. The Balaban J connectivity index is 1.89. The number of nitrogens with zero attached hydrogens (tertiary/aromatic N) is 1. The standard InChI is InChI=1S/C23H23FN2O3/c1-13(2)8-16(27)10-15-4-5-17(11-20(15)24)29-22-6-7-26-21-9-14(3)18(23(25)28)12-19(21)22/h4-7,9,11-13H,8,10H2,1-3H3,(H2,25,28). The average molecular weight is 394 g/mol. The van der Waals surface area contributed by atoms with Crippen LogP contribution in [0.4, 0.5) is 4.39 Å². The maximum Gasteiger partial charge on any atom is 0.248 e. The zero-order valence-corrected chi connectivity index (χ0v) is 16.7. The third-order valence-corrected chi connectivity index (χ3v) is 4.59. The molecule has 1 amide bonds. The number of ketones is 1. The molecular weight excluding hydrogens is 371 g/mol. The number of amides is 1. The molecule has 5 nitrogen and oxygen atoms in total. The second-order valence-electron chi connectivity index (χ2n) is 7.53. The van der Waals surface area contributed by atoms with Crippen LogP contribution in [0.3, 0.4) is 0 Å². The number of carbonyl (C=O) groups excluding carboxylic acids is 2. The number of ether oxygens (including phenoxy) is 1. The van der Waals surface area contributed by atoms with E-state index in [4.69, 9.17) is 10.5 Å². The molecule has 0 spiro atoms. The van der Waals surface area contributed by atoms with Gasteiger partial charge in [0.15, 0.2) is 0 Å². The first-order valence-electron chi connectivity index (χ1n) is 9.41. The van der Waals surface area contributed by atoms with Gasteiger partial charge in [0.25, 0.3) is 0 Å². The molecule has 1 heterocycles. The summed E-state index contributed by atoms with van der Waals surface area (Å²) in [6.07, 6.45) is 2.06. The van der Waals surface area contributed by atoms with E-state index in [0.29, 0.717) is 34.2 Å². The van der Waals surface area contributed by atoms with Crippen LogP contribution in [-0.4, -0.2) is 16.7 Å². The molecule has 6 heteroatoms. The number of aromatic nitrogens is 1. The molecule has 0 aliphatic heterocycles. The van der Waals surface area contributed by atoms with Crippen LogP contribution >= 0.6 is 0 Å². The maximum absolute atomic E-state index is 14.5. The highest BCUT2D eigenvalue weighted by atomic mass is 19.1. The highest BCUT2D eigenvalue weighted by molar-refractivity contribution is 5.99. The molecule has 0 saturated heterocycles. The van der Waals surface area contributed by atoms with Gasteiger partial charge >= 0.3 is 0 Å². The van der Waals surface area contributed by atoms with Crippen molar-refractivity contribution in [3.8, 4) is 11.5 Å². The monoisotopic (exact) mass is 394 g/mol. The summed E-state index contributed by atoms with van der Waals surface area (Å²) >= 11 is 0. The van der Waals surface area contributed by atoms with Crippen molar-refractivity contribution >= 4 is 22.6 Å². The summed E-state index contributed by atoms with van der Waals surface area (Å²) in [6.45, 7) is 5.69. The van der Waals surface area contributed by atoms with Gasteiger partial charge in [-0.1, -0.05) is 19.9 Å². The highest BCUT2D eigenvalue weighted by Gasteiger charge is 2.14. The smallest absolute Gasteiger partial charge is 0.248 e. The molecule has 3 rings (SSSR count). The number of Topliss-reactive ketones (excluding diaryl/α,β-unsaturated/α-hetero) is 1. The number of rotatable bonds is 7. The second kappa shape index (κ2) is 8.39. The molecule has 0 atom stereocenters. The van der Waals surface area contributed by atoms with Crippen LogP contribution in [0.5, 0.6) is 11.5 Å². The Morgan fingerprint density at radius 1 is 1.17 bits per heavy atom. The zero-order valence-electron chi connectivity index (χ0n) is 16.7. The molecular formula is C23H23FN2O3. The highest BCUT2D eigenvalue weighted by Crippen LogP contribution is 2.31. The number of nitrogens with two attached hydrogens (primary N) is 1. The molecule has 0 saturated carbocycles. The van der Waals surface area contributed by atoms with E-state index in [0.717, 1.165) is 5.56 Å². The summed E-state index contributed by atoms with van der Waals surface area (Å²) < 4.78 is 20.3. The van der Waals surface area contributed by atoms with Crippen molar-refractivity contribution in [2.75, 3.05) is 0 Å². The van der Waals surface area contributed by atoms with Gasteiger partial charge in [-0.05, 0) is 48.2 Å². The lowest BCUT2D eigenvalue weighted by Crippen LogP contribution is -2.12. The Kier molecular flexibility index (Phi) is 5.92. The normalized spacial score (nSPS) is 11.1. The lowest BCUT2D eigenvalue weighted by Gasteiger charge is -2.12. The molecule has 29 heavy (non-hydrogen) atoms. The lowest BCUT2D eigenvalue weighted by molar-refractivity contribution is -0.119. The lowest BCUT2D eigenvalue weighted by atomic mass is 10.0. The van der Waals surface area contributed by atoms with Crippen LogP contribution in [0, 0.1) is 18.7 Å². The van der Waals surface area contributed by atoms with Crippen LogP contribution in [0.25, 0.3) is 10.9 Å². The minimum absolute atomic E-state index is 0.00190. The van der Waals surface area contributed by atoms with E-state index in [1.54, 1.807) is 43.5 Å². The van der Waals surface area contributed by atoms with Crippen molar-refractivity contribution in [3.63, 3.8) is 0 Å². The van der Waals surface area contributed by atoms with Crippen molar-refractivity contribution in [2.24, 2.45) is 11.7 Å². The molecule has 0 unspecified atom stereocenters. The fourth-order valence-corrected chi connectivity index (χ4v) is 3.23. The van der Waals surface area contributed by atoms with E-state index in [-0.39, 0.29) is 23.9 Å². The Morgan fingerprint density at radius 2 is 1.93 bits per heavy atom. The van der Waals surface area contributed by atoms with E-state index in [1.165, 1.54) is 6.07 Å². The Hall–Kier alpha value is -3.28. The van der Waals surface area contributed by atoms with E-state index in [1.807, 2.05) is 13.8 Å². The molecule has 0 aliphatic carbocycles. The second-order valence-corrected chi connectivity index (χ2v) is 7.53. The molecule has 0 aliphatic rings. The number of benzene rings is 2. The minimum atomic E-state index is -0.541.